The molecule has 1 heterocycles. The Hall–Kier alpha value is -3.12. The van der Waals surface area contributed by atoms with Gasteiger partial charge in [-0.3, -0.25) is 4.79 Å². The first-order chi connectivity index (χ1) is 19.2. The van der Waals surface area contributed by atoms with Gasteiger partial charge in [-0.05, 0) is 108 Å². The van der Waals surface area contributed by atoms with E-state index in [2.05, 4.69) is 26.1 Å². The van der Waals surface area contributed by atoms with E-state index in [0.29, 0.717) is 33.8 Å². The Labute approximate surface area is 250 Å². The molecule has 1 aromatic heterocycles. The summed E-state index contributed by atoms with van der Waals surface area (Å²) in [5.74, 6) is 1.21. The molecule has 0 radical (unpaired) electrons. The molecule has 0 unspecified atom stereocenters. The number of nitrogens with zero attached hydrogens (tertiary/aromatic N) is 1. The van der Waals surface area contributed by atoms with Gasteiger partial charge in [0, 0.05) is 26.8 Å². The molecule has 5 rings (SSSR count). The zero-order valence-electron chi connectivity index (χ0n) is 22.8. The maximum atomic E-state index is 13.6. The molecule has 1 aliphatic carbocycles. The molecule has 3 aromatic carbocycles. The molecule has 1 amide bonds. The average Bonchev–Trinajstić information content (AvgIpc) is 3.31. The van der Waals surface area contributed by atoms with Gasteiger partial charge < -0.3 is 10.1 Å². The normalized spacial score (nSPS) is 15.2. The van der Waals surface area contributed by atoms with Gasteiger partial charge in [0.25, 0.3) is 5.91 Å². The highest BCUT2D eigenvalue weighted by molar-refractivity contribution is 7.16. The highest BCUT2D eigenvalue weighted by Crippen LogP contribution is 2.45. The number of halogens is 2. The fourth-order valence-corrected chi connectivity index (χ4v) is 6.41. The number of nitrogens with one attached hydrogen (secondary N) is 1. The number of thiophene rings is 1. The molecule has 206 valence electrons. The van der Waals surface area contributed by atoms with Crippen molar-refractivity contribution in [2.75, 3.05) is 5.32 Å². The van der Waals surface area contributed by atoms with Crippen LogP contribution in [0.4, 0.5) is 10.7 Å². The number of hydrogen-bond acceptors (Lipinski definition) is 4. The standard InChI is InChI=1S/C33H32Cl2N2O2S/c1-33(2,3)23-8-17-28-29(18-23)40-32(30(28)31(38)37-26-13-11-25(35)12-14-26)36-19-21-6-15-27(16-7-21)39-20-22-4-9-24(34)10-5-22/h4-7,9-16,19,23H,8,17-18,20H2,1-3H3,(H,37,38)/t23-/m0/s1. The number of fused-ring (bicyclic) bond motifs is 1. The molecular weight excluding hydrogens is 559 g/mol. The fourth-order valence-electron chi connectivity index (χ4n) is 4.89. The van der Waals surface area contributed by atoms with Gasteiger partial charge in [0.05, 0.1) is 5.56 Å². The third-order valence-corrected chi connectivity index (χ3v) is 9.00. The summed E-state index contributed by atoms with van der Waals surface area (Å²) >= 11 is 13.6. The number of benzene rings is 3. The van der Waals surface area contributed by atoms with Crippen molar-refractivity contribution in [2.45, 2.75) is 46.6 Å². The summed E-state index contributed by atoms with van der Waals surface area (Å²) in [6, 6.07) is 22.6. The first kappa shape index (κ1) is 28.4. The van der Waals surface area contributed by atoms with E-state index in [0.717, 1.165) is 46.7 Å². The Kier molecular flexibility index (Phi) is 8.65. The van der Waals surface area contributed by atoms with Crippen molar-refractivity contribution in [2.24, 2.45) is 16.3 Å². The first-order valence-corrected chi connectivity index (χ1v) is 15.0. The van der Waals surface area contributed by atoms with Crippen LogP contribution in [0.15, 0.2) is 77.8 Å². The van der Waals surface area contributed by atoms with Crippen molar-refractivity contribution in [3.8, 4) is 5.75 Å². The van der Waals surface area contributed by atoms with Gasteiger partial charge in [0.2, 0.25) is 0 Å². The van der Waals surface area contributed by atoms with Crippen molar-refractivity contribution in [3.63, 3.8) is 0 Å². The number of carbonyl (C=O) groups is 1. The lowest BCUT2D eigenvalue weighted by atomic mass is 9.72. The molecule has 4 nitrogen and oxygen atoms in total. The number of amides is 1. The second kappa shape index (κ2) is 12.2. The highest BCUT2D eigenvalue weighted by Gasteiger charge is 2.33. The zero-order chi connectivity index (χ0) is 28.3. The largest absolute Gasteiger partial charge is 0.489 e. The number of anilines is 1. The molecule has 7 heteroatoms. The van der Waals surface area contributed by atoms with Gasteiger partial charge in [0.15, 0.2) is 0 Å². The molecule has 1 N–H and O–H groups in total. The predicted octanol–water partition coefficient (Wildman–Crippen LogP) is 9.79. The third kappa shape index (κ3) is 6.95. The predicted molar refractivity (Wildman–Crippen MR) is 168 cm³/mol. The van der Waals surface area contributed by atoms with E-state index in [4.69, 9.17) is 32.9 Å². The van der Waals surface area contributed by atoms with E-state index in [9.17, 15) is 4.79 Å². The lowest BCUT2D eigenvalue weighted by molar-refractivity contribution is 0.102. The van der Waals surface area contributed by atoms with Crippen LogP contribution in [0.5, 0.6) is 5.75 Å². The summed E-state index contributed by atoms with van der Waals surface area (Å²) in [5.41, 5.74) is 4.73. The summed E-state index contributed by atoms with van der Waals surface area (Å²) in [7, 11) is 0. The van der Waals surface area contributed by atoms with E-state index < -0.39 is 0 Å². The minimum atomic E-state index is -0.132. The zero-order valence-corrected chi connectivity index (χ0v) is 25.2. The van der Waals surface area contributed by atoms with Gasteiger partial charge in [-0.2, -0.15) is 0 Å². The summed E-state index contributed by atoms with van der Waals surface area (Å²) < 4.78 is 5.91. The van der Waals surface area contributed by atoms with Crippen molar-refractivity contribution in [1.82, 2.24) is 0 Å². The molecule has 1 aliphatic rings. The van der Waals surface area contributed by atoms with Crippen molar-refractivity contribution >= 4 is 57.3 Å². The van der Waals surface area contributed by atoms with Crippen LogP contribution < -0.4 is 10.1 Å². The van der Waals surface area contributed by atoms with Crippen LogP contribution >= 0.6 is 34.5 Å². The lowest BCUT2D eigenvalue weighted by Crippen LogP contribution is -2.27. The Morgan fingerprint density at radius 3 is 2.30 bits per heavy atom. The van der Waals surface area contributed by atoms with Crippen LogP contribution in [0.1, 0.15) is 59.1 Å². The molecular formula is C33H32Cl2N2O2S. The monoisotopic (exact) mass is 590 g/mol. The second-order valence-corrected chi connectivity index (χ2v) is 13.1. The van der Waals surface area contributed by atoms with E-state index in [-0.39, 0.29) is 11.3 Å². The van der Waals surface area contributed by atoms with E-state index in [1.807, 2.05) is 66.9 Å². The number of carbonyl (C=O) groups excluding carboxylic acids is 1. The lowest BCUT2D eigenvalue weighted by Gasteiger charge is -2.33. The van der Waals surface area contributed by atoms with Gasteiger partial charge in [-0.15, -0.1) is 11.3 Å². The average molecular weight is 592 g/mol. The quantitative estimate of drug-likeness (QED) is 0.218. The molecule has 0 saturated carbocycles. The number of rotatable bonds is 7. The van der Waals surface area contributed by atoms with Crippen LogP contribution in [0.3, 0.4) is 0 Å². The van der Waals surface area contributed by atoms with E-state index in [1.54, 1.807) is 23.5 Å². The van der Waals surface area contributed by atoms with Crippen LogP contribution in [0, 0.1) is 11.3 Å². The third-order valence-electron chi connectivity index (χ3n) is 7.33. The SMILES string of the molecule is CC(C)(C)[C@H]1CCc2c(sc(N=Cc3ccc(OCc4ccc(Cl)cc4)cc3)c2C(=O)Nc2ccc(Cl)cc2)C1. The Morgan fingerprint density at radius 1 is 1.00 bits per heavy atom. The van der Waals surface area contributed by atoms with Crippen LogP contribution in [-0.4, -0.2) is 12.1 Å². The molecule has 0 saturated heterocycles. The smallest absolute Gasteiger partial charge is 0.259 e. The maximum absolute atomic E-state index is 13.6. The Bertz CT molecular complexity index is 1500. The Balaban J connectivity index is 1.36. The first-order valence-electron chi connectivity index (χ1n) is 13.4. The molecule has 1 atom stereocenters. The van der Waals surface area contributed by atoms with E-state index in [1.165, 1.54) is 4.88 Å². The van der Waals surface area contributed by atoms with E-state index >= 15 is 0 Å². The van der Waals surface area contributed by atoms with Crippen molar-refractivity contribution in [3.05, 3.63) is 110 Å². The second-order valence-electron chi connectivity index (χ2n) is 11.2. The summed E-state index contributed by atoms with van der Waals surface area (Å²) in [5, 5.41) is 5.13. The number of hydrogen-bond donors (Lipinski definition) is 1. The molecule has 4 aromatic rings. The number of ether oxygens (including phenoxy) is 1. The van der Waals surface area contributed by atoms with Crippen LogP contribution in [0.25, 0.3) is 0 Å². The topological polar surface area (TPSA) is 50.7 Å². The Morgan fingerprint density at radius 2 is 1.65 bits per heavy atom. The summed E-state index contributed by atoms with van der Waals surface area (Å²) in [6.07, 6.45) is 4.74. The molecule has 40 heavy (non-hydrogen) atoms. The summed E-state index contributed by atoms with van der Waals surface area (Å²) in [4.78, 5) is 19.7. The molecule has 0 fully saturated rings. The minimum absolute atomic E-state index is 0.132. The fraction of sp³-hybridized carbons (Fsp3) is 0.273. The number of aliphatic imine (C=N–C) groups is 1. The molecule has 0 bridgehead atoms. The van der Waals surface area contributed by atoms with Gasteiger partial charge in [-0.1, -0.05) is 56.1 Å². The van der Waals surface area contributed by atoms with Gasteiger partial charge in [-0.25, -0.2) is 4.99 Å². The molecule has 0 aliphatic heterocycles. The summed E-state index contributed by atoms with van der Waals surface area (Å²) in [6.45, 7) is 7.36. The minimum Gasteiger partial charge on any atom is -0.489 e. The highest BCUT2D eigenvalue weighted by atomic mass is 35.5. The van der Waals surface area contributed by atoms with Crippen LogP contribution in [0.2, 0.25) is 10.0 Å². The van der Waals surface area contributed by atoms with Gasteiger partial charge >= 0.3 is 0 Å². The van der Waals surface area contributed by atoms with Crippen molar-refractivity contribution in [1.29, 1.82) is 0 Å². The van der Waals surface area contributed by atoms with Gasteiger partial charge in [0.1, 0.15) is 17.4 Å². The van der Waals surface area contributed by atoms with Crippen LogP contribution in [-0.2, 0) is 19.4 Å². The molecule has 0 spiro atoms. The maximum Gasteiger partial charge on any atom is 0.259 e. The van der Waals surface area contributed by atoms with Crippen molar-refractivity contribution < 1.29 is 9.53 Å².